The molecule has 3 aliphatic rings. The smallest absolute Gasteiger partial charge is 0.337 e. The number of nitrogens with one attached hydrogen (secondary N) is 1. The largest absolute Gasteiger partial charge is 0.493 e. The Morgan fingerprint density at radius 1 is 1.06 bits per heavy atom. The number of ether oxygens (including phenoxy) is 3. The molecule has 0 aromatic heterocycles. The van der Waals surface area contributed by atoms with Gasteiger partial charge < -0.3 is 19.5 Å². The van der Waals surface area contributed by atoms with Crippen molar-refractivity contribution in [2.45, 2.75) is 71.3 Å². The molecule has 0 spiro atoms. The highest BCUT2D eigenvalue weighted by atomic mass is 16.5. The van der Waals surface area contributed by atoms with E-state index in [0.29, 0.717) is 29.1 Å². The lowest BCUT2D eigenvalue weighted by molar-refractivity contribution is -0.144. The van der Waals surface area contributed by atoms with Crippen LogP contribution >= 0.6 is 0 Å². The van der Waals surface area contributed by atoms with Gasteiger partial charge in [0.05, 0.1) is 19.8 Å². The molecule has 1 saturated carbocycles. The Kier molecular flexibility index (Phi) is 6.06. The predicted molar refractivity (Wildman–Crippen MR) is 122 cm³/mol. The van der Waals surface area contributed by atoms with E-state index in [1.165, 1.54) is 0 Å². The minimum absolute atomic E-state index is 0.0507. The topological polar surface area (TPSA) is 73.9 Å². The lowest BCUT2D eigenvalue weighted by atomic mass is 9.68. The third-order valence-electron chi connectivity index (χ3n) is 6.78. The molecule has 2 aliphatic carbocycles. The fourth-order valence-corrected chi connectivity index (χ4v) is 5.29. The second kappa shape index (κ2) is 8.64. The van der Waals surface area contributed by atoms with E-state index in [0.717, 1.165) is 49.1 Å². The van der Waals surface area contributed by atoms with Crippen molar-refractivity contribution < 1.29 is 23.8 Å². The van der Waals surface area contributed by atoms with Crippen molar-refractivity contribution in [3.8, 4) is 11.5 Å². The van der Waals surface area contributed by atoms with E-state index >= 15 is 0 Å². The van der Waals surface area contributed by atoms with E-state index in [1.54, 1.807) is 14.2 Å². The van der Waals surface area contributed by atoms with Gasteiger partial charge in [0.1, 0.15) is 6.10 Å². The van der Waals surface area contributed by atoms with Crippen molar-refractivity contribution in [2.75, 3.05) is 14.2 Å². The van der Waals surface area contributed by atoms with Crippen LogP contribution in [0.25, 0.3) is 0 Å². The summed E-state index contributed by atoms with van der Waals surface area (Å²) in [6, 6.07) is 5.59. The summed E-state index contributed by atoms with van der Waals surface area (Å²) in [7, 11) is 3.17. The van der Waals surface area contributed by atoms with Crippen molar-refractivity contribution in [2.24, 2.45) is 5.41 Å². The first-order valence-electron chi connectivity index (χ1n) is 11.4. The van der Waals surface area contributed by atoms with Crippen molar-refractivity contribution in [1.82, 2.24) is 5.32 Å². The van der Waals surface area contributed by atoms with Crippen LogP contribution in [-0.2, 0) is 14.3 Å². The van der Waals surface area contributed by atoms with Gasteiger partial charge in [-0.1, -0.05) is 19.9 Å². The molecule has 1 aliphatic heterocycles. The van der Waals surface area contributed by atoms with E-state index in [9.17, 15) is 9.59 Å². The second-order valence-electron chi connectivity index (χ2n) is 9.86. The molecule has 1 aromatic rings. The number of rotatable bonds is 5. The minimum atomic E-state index is -0.497. The predicted octanol–water partition coefficient (Wildman–Crippen LogP) is 4.79. The number of hydrogen-bond donors (Lipinski definition) is 1. The molecule has 0 amide bonds. The number of allylic oxidation sites excluding steroid dienone is 3. The van der Waals surface area contributed by atoms with Gasteiger partial charge in [0.15, 0.2) is 17.3 Å². The zero-order valence-corrected chi connectivity index (χ0v) is 19.7. The molecule has 0 unspecified atom stereocenters. The van der Waals surface area contributed by atoms with Crippen molar-refractivity contribution >= 4 is 11.8 Å². The van der Waals surface area contributed by atoms with Crippen LogP contribution in [0.2, 0.25) is 0 Å². The number of esters is 1. The van der Waals surface area contributed by atoms with E-state index in [-0.39, 0.29) is 23.3 Å². The molecule has 4 rings (SSSR count). The quantitative estimate of drug-likeness (QED) is 0.665. The number of ketones is 1. The van der Waals surface area contributed by atoms with Gasteiger partial charge >= 0.3 is 5.97 Å². The minimum Gasteiger partial charge on any atom is -0.493 e. The number of carbonyl (C=O) groups excluding carboxylic acids is 2. The van der Waals surface area contributed by atoms with Crippen molar-refractivity contribution in [3.05, 3.63) is 46.3 Å². The Balaban J connectivity index is 1.82. The van der Waals surface area contributed by atoms with Gasteiger partial charge in [0.25, 0.3) is 0 Å². The highest BCUT2D eigenvalue weighted by Crippen LogP contribution is 2.48. The molecule has 1 fully saturated rings. The summed E-state index contributed by atoms with van der Waals surface area (Å²) >= 11 is 0. The lowest BCUT2D eigenvalue weighted by Gasteiger charge is -2.39. The normalized spacial score (nSPS) is 23.0. The number of benzene rings is 1. The first kappa shape index (κ1) is 22.4. The van der Waals surface area contributed by atoms with Crippen LogP contribution in [0.1, 0.15) is 70.8 Å². The average molecular weight is 440 g/mol. The molecular formula is C26H33NO5. The summed E-state index contributed by atoms with van der Waals surface area (Å²) in [5, 5.41) is 3.39. The van der Waals surface area contributed by atoms with Crippen LogP contribution in [-0.4, -0.2) is 32.1 Å². The Morgan fingerprint density at radius 3 is 2.41 bits per heavy atom. The summed E-state index contributed by atoms with van der Waals surface area (Å²) in [6.45, 7) is 6.10. The van der Waals surface area contributed by atoms with Gasteiger partial charge in [0, 0.05) is 29.3 Å². The van der Waals surface area contributed by atoms with Gasteiger partial charge in [-0.15, -0.1) is 0 Å². The van der Waals surface area contributed by atoms with Crippen LogP contribution < -0.4 is 14.8 Å². The summed E-state index contributed by atoms with van der Waals surface area (Å²) in [4.78, 5) is 26.8. The van der Waals surface area contributed by atoms with Gasteiger partial charge in [-0.05, 0) is 62.1 Å². The highest BCUT2D eigenvalue weighted by molar-refractivity contribution is 6.04. The van der Waals surface area contributed by atoms with Crippen LogP contribution in [0, 0.1) is 5.41 Å². The van der Waals surface area contributed by atoms with Crippen LogP contribution in [0.3, 0.4) is 0 Å². The molecule has 172 valence electrons. The summed E-state index contributed by atoms with van der Waals surface area (Å²) < 4.78 is 16.8. The summed E-state index contributed by atoms with van der Waals surface area (Å²) in [5.74, 6) is 0.401. The molecule has 0 radical (unpaired) electrons. The molecule has 0 saturated heterocycles. The first-order chi connectivity index (χ1) is 15.2. The number of Topliss-reactive ketones (excluding diaryl/α,β-unsaturated/α-hetero) is 1. The van der Waals surface area contributed by atoms with Gasteiger partial charge in [-0.3, -0.25) is 4.79 Å². The van der Waals surface area contributed by atoms with Gasteiger partial charge in [0.2, 0.25) is 0 Å². The van der Waals surface area contributed by atoms with Crippen molar-refractivity contribution in [3.63, 3.8) is 0 Å². The number of hydrogen-bond acceptors (Lipinski definition) is 6. The average Bonchev–Trinajstić information content (AvgIpc) is 3.24. The zero-order valence-electron chi connectivity index (χ0n) is 19.7. The third kappa shape index (κ3) is 4.15. The summed E-state index contributed by atoms with van der Waals surface area (Å²) in [6.07, 6.45) is 5.10. The Hall–Kier alpha value is -2.76. The Bertz CT molecular complexity index is 997. The Labute approximate surface area is 190 Å². The van der Waals surface area contributed by atoms with Crippen LogP contribution in [0.5, 0.6) is 11.5 Å². The van der Waals surface area contributed by atoms with E-state index < -0.39 is 5.92 Å². The molecule has 1 N–H and O–H groups in total. The molecule has 1 aromatic carbocycles. The van der Waals surface area contributed by atoms with E-state index in [2.05, 4.69) is 19.2 Å². The maximum atomic E-state index is 13.4. The molecule has 1 heterocycles. The highest BCUT2D eigenvalue weighted by Gasteiger charge is 2.43. The molecule has 6 nitrogen and oxygen atoms in total. The second-order valence-corrected chi connectivity index (χ2v) is 9.86. The van der Waals surface area contributed by atoms with Crippen LogP contribution in [0.4, 0.5) is 0 Å². The van der Waals surface area contributed by atoms with Gasteiger partial charge in [-0.25, -0.2) is 4.79 Å². The monoisotopic (exact) mass is 439 g/mol. The van der Waals surface area contributed by atoms with E-state index in [4.69, 9.17) is 14.2 Å². The van der Waals surface area contributed by atoms with Gasteiger partial charge in [-0.2, -0.15) is 0 Å². The molecule has 32 heavy (non-hydrogen) atoms. The summed E-state index contributed by atoms with van der Waals surface area (Å²) in [5.41, 5.74) is 3.52. The van der Waals surface area contributed by atoms with Crippen molar-refractivity contribution in [1.29, 1.82) is 0 Å². The maximum absolute atomic E-state index is 13.4. The lowest BCUT2D eigenvalue weighted by Crippen LogP contribution is -2.39. The standard InChI is InChI=1S/C26H33NO5/c1-15-22(25(29)32-17-8-6-7-9-17)23(16-10-11-20(30-4)21(12-16)31-5)24-18(27-15)13-26(2,3)14-19(24)28/h10-12,17,23,27H,6-9,13-14H2,1-5H3/t23-/m0/s1. The van der Waals surface area contributed by atoms with Crippen LogP contribution in [0.15, 0.2) is 40.7 Å². The SMILES string of the molecule is COc1ccc([C@H]2C(C(=O)OC3CCCC3)=C(C)NC3=C2C(=O)CC(C)(C)C3)cc1OC. The third-order valence-corrected chi connectivity index (χ3v) is 6.78. The fourth-order valence-electron chi connectivity index (χ4n) is 5.29. The number of dihydropyridines is 1. The fraction of sp³-hybridized carbons (Fsp3) is 0.538. The Morgan fingerprint density at radius 2 is 1.75 bits per heavy atom. The number of methoxy groups -OCH3 is 2. The zero-order chi connectivity index (χ0) is 23.0. The molecular weight excluding hydrogens is 406 g/mol. The molecule has 0 bridgehead atoms. The van der Waals surface area contributed by atoms with E-state index in [1.807, 2.05) is 25.1 Å². The molecule has 6 heteroatoms. The number of carbonyl (C=O) groups is 2. The molecule has 1 atom stereocenters. The first-order valence-corrected chi connectivity index (χ1v) is 11.4. The maximum Gasteiger partial charge on any atom is 0.337 e.